The Kier molecular flexibility index (Phi) is 2.28. The second-order valence-electron chi connectivity index (χ2n) is 4.77. The van der Waals surface area contributed by atoms with Gasteiger partial charge in [-0.3, -0.25) is 0 Å². The third-order valence-electron chi connectivity index (χ3n) is 3.52. The molecule has 1 aliphatic carbocycles. The van der Waals surface area contributed by atoms with Gasteiger partial charge in [-0.05, 0) is 36.3 Å². The SMILES string of the molecule is Cc1ccc([C@@H]2C[C@@H]2c2ccccc2)cc1. The van der Waals surface area contributed by atoms with Gasteiger partial charge in [-0.1, -0.05) is 60.2 Å². The summed E-state index contributed by atoms with van der Waals surface area (Å²) >= 11 is 0. The Morgan fingerprint density at radius 3 is 1.94 bits per heavy atom. The molecule has 1 saturated carbocycles. The number of hydrogen-bond donors (Lipinski definition) is 0. The van der Waals surface area contributed by atoms with Crippen molar-refractivity contribution in [2.45, 2.75) is 25.2 Å². The molecule has 0 nitrogen and oxygen atoms in total. The first-order chi connectivity index (χ1) is 7.84. The zero-order valence-corrected chi connectivity index (χ0v) is 9.56. The van der Waals surface area contributed by atoms with Crippen molar-refractivity contribution in [3.63, 3.8) is 0 Å². The lowest BCUT2D eigenvalue weighted by Crippen LogP contribution is -1.84. The molecule has 3 rings (SSSR count). The molecular weight excluding hydrogens is 192 g/mol. The Hall–Kier alpha value is -1.56. The molecule has 2 aromatic rings. The number of hydrogen-bond acceptors (Lipinski definition) is 0. The van der Waals surface area contributed by atoms with Crippen molar-refractivity contribution in [3.05, 3.63) is 71.3 Å². The van der Waals surface area contributed by atoms with Crippen LogP contribution >= 0.6 is 0 Å². The van der Waals surface area contributed by atoms with Gasteiger partial charge < -0.3 is 0 Å². The molecule has 0 radical (unpaired) electrons. The van der Waals surface area contributed by atoms with Gasteiger partial charge in [0.1, 0.15) is 0 Å². The highest BCUT2D eigenvalue weighted by molar-refractivity contribution is 5.37. The van der Waals surface area contributed by atoms with E-state index < -0.39 is 0 Å². The van der Waals surface area contributed by atoms with Crippen molar-refractivity contribution in [1.82, 2.24) is 0 Å². The number of benzene rings is 2. The van der Waals surface area contributed by atoms with E-state index in [-0.39, 0.29) is 0 Å². The molecule has 1 fully saturated rings. The number of rotatable bonds is 2. The molecule has 1 aliphatic rings. The predicted molar refractivity (Wildman–Crippen MR) is 67.7 cm³/mol. The Bertz CT molecular complexity index is 467. The molecule has 0 saturated heterocycles. The zero-order valence-electron chi connectivity index (χ0n) is 9.56. The largest absolute Gasteiger partial charge is 0.0622 e. The van der Waals surface area contributed by atoms with E-state index in [1.165, 1.54) is 23.1 Å². The maximum absolute atomic E-state index is 2.28. The summed E-state index contributed by atoms with van der Waals surface area (Å²) in [6.45, 7) is 2.14. The number of aryl methyl sites for hydroxylation is 1. The fourth-order valence-electron chi connectivity index (χ4n) is 2.45. The molecule has 2 aromatic carbocycles. The molecule has 0 bridgehead atoms. The van der Waals surface area contributed by atoms with Crippen LogP contribution in [0.5, 0.6) is 0 Å². The molecule has 0 spiro atoms. The molecular formula is C16H16. The highest BCUT2D eigenvalue weighted by Crippen LogP contribution is 2.54. The highest BCUT2D eigenvalue weighted by atomic mass is 14.4. The highest BCUT2D eigenvalue weighted by Gasteiger charge is 2.38. The third kappa shape index (κ3) is 1.76. The van der Waals surface area contributed by atoms with Crippen LogP contribution in [0.15, 0.2) is 54.6 Å². The van der Waals surface area contributed by atoms with Crippen molar-refractivity contribution in [1.29, 1.82) is 0 Å². The molecule has 0 amide bonds. The fourth-order valence-corrected chi connectivity index (χ4v) is 2.45. The lowest BCUT2D eigenvalue weighted by atomic mass is 10.0. The van der Waals surface area contributed by atoms with Gasteiger partial charge >= 0.3 is 0 Å². The minimum absolute atomic E-state index is 0.753. The van der Waals surface area contributed by atoms with Crippen LogP contribution in [-0.4, -0.2) is 0 Å². The van der Waals surface area contributed by atoms with Gasteiger partial charge in [-0.2, -0.15) is 0 Å². The summed E-state index contributed by atoms with van der Waals surface area (Å²) in [5.41, 5.74) is 4.34. The van der Waals surface area contributed by atoms with Crippen LogP contribution in [-0.2, 0) is 0 Å². The molecule has 0 aromatic heterocycles. The topological polar surface area (TPSA) is 0 Å². The van der Waals surface area contributed by atoms with Gasteiger partial charge in [-0.15, -0.1) is 0 Å². The van der Waals surface area contributed by atoms with E-state index in [1.807, 2.05) is 0 Å². The van der Waals surface area contributed by atoms with E-state index in [2.05, 4.69) is 61.5 Å². The van der Waals surface area contributed by atoms with Gasteiger partial charge in [-0.25, -0.2) is 0 Å². The maximum atomic E-state index is 2.28. The standard InChI is InChI=1S/C16H16/c1-12-7-9-14(10-8-12)16-11-15(16)13-5-3-2-4-6-13/h2-10,15-16H,11H2,1H3/t15-,16+/m1/s1. The predicted octanol–water partition coefficient (Wildman–Crippen LogP) is 4.27. The molecule has 2 atom stereocenters. The Morgan fingerprint density at radius 2 is 1.31 bits per heavy atom. The monoisotopic (exact) mass is 208 g/mol. The summed E-state index contributed by atoms with van der Waals surface area (Å²) in [7, 11) is 0. The van der Waals surface area contributed by atoms with Crippen molar-refractivity contribution in [2.75, 3.05) is 0 Å². The molecule has 0 heterocycles. The van der Waals surface area contributed by atoms with Gasteiger partial charge in [0.15, 0.2) is 0 Å². The van der Waals surface area contributed by atoms with Crippen molar-refractivity contribution < 1.29 is 0 Å². The lowest BCUT2D eigenvalue weighted by Gasteiger charge is -2.01. The summed E-state index contributed by atoms with van der Waals surface area (Å²) in [4.78, 5) is 0. The average molecular weight is 208 g/mol. The Labute approximate surface area is 96.9 Å². The van der Waals surface area contributed by atoms with E-state index in [9.17, 15) is 0 Å². The van der Waals surface area contributed by atoms with Gasteiger partial charge in [0.05, 0.1) is 0 Å². The molecule has 0 aliphatic heterocycles. The van der Waals surface area contributed by atoms with E-state index in [1.54, 1.807) is 0 Å². The van der Waals surface area contributed by atoms with Gasteiger partial charge in [0, 0.05) is 0 Å². The summed E-state index contributed by atoms with van der Waals surface area (Å²) in [5, 5.41) is 0. The van der Waals surface area contributed by atoms with E-state index in [4.69, 9.17) is 0 Å². The Morgan fingerprint density at radius 1 is 0.750 bits per heavy atom. The Balaban J connectivity index is 1.79. The molecule has 0 N–H and O–H groups in total. The normalized spacial score (nSPS) is 23.1. The minimum atomic E-state index is 0.753. The van der Waals surface area contributed by atoms with Gasteiger partial charge in [0.25, 0.3) is 0 Å². The van der Waals surface area contributed by atoms with E-state index in [0.717, 1.165) is 11.8 Å². The van der Waals surface area contributed by atoms with Crippen LogP contribution < -0.4 is 0 Å². The van der Waals surface area contributed by atoms with Crippen LogP contribution in [0.4, 0.5) is 0 Å². The second-order valence-corrected chi connectivity index (χ2v) is 4.77. The first-order valence-electron chi connectivity index (χ1n) is 5.96. The second kappa shape index (κ2) is 3.79. The van der Waals surface area contributed by atoms with Crippen molar-refractivity contribution in [3.8, 4) is 0 Å². The van der Waals surface area contributed by atoms with E-state index >= 15 is 0 Å². The lowest BCUT2D eigenvalue weighted by molar-refractivity contribution is 1.02. The fraction of sp³-hybridized carbons (Fsp3) is 0.250. The van der Waals surface area contributed by atoms with Gasteiger partial charge in [0.2, 0.25) is 0 Å². The van der Waals surface area contributed by atoms with Crippen LogP contribution in [0, 0.1) is 6.92 Å². The van der Waals surface area contributed by atoms with Crippen LogP contribution in [0.25, 0.3) is 0 Å². The zero-order chi connectivity index (χ0) is 11.0. The van der Waals surface area contributed by atoms with Crippen LogP contribution in [0.2, 0.25) is 0 Å². The summed E-state index contributed by atoms with van der Waals surface area (Å²) in [6.07, 6.45) is 1.31. The van der Waals surface area contributed by atoms with Crippen molar-refractivity contribution in [2.24, 2.45) is 0 Å². The quantitative estimate of drug-likeness (QED) is 0.691. The molecule has 0 unspecified atom stereocenters. The van der Waals surface area contributed by atoms with Crippen LogP contribution in [0.3, 0.4) is 0 Å². The average Bonchev–Trinajstić information content (AvgIpc) is 3.11. The minimum Gasteiger partial charge on any atom is -0.0622 e. The molecule has 80 valence electrons. The van der Waals surface area contributed by atoms with Crippen molar-refractivity contribution >= 4 is 0 Å². The summed E-state index contributed by atoms with van der Waals surface area (Å²) in [6, 6.07) is 19.9. The molecule has 16 heavy (non-hydrogen) atoms. The first kappa shape index (κ1) is 9.65. The smallest absolute Gasteiger partial charge is 0.00868 e. The van der Waals surface area contributed by atoms with E-state index in [0.29, 0.717) is 0 Å². The summed E-state index contributed by atoms with van der Waals surface area (Å²) < 4.78 is 0. The maximum Gasteiger partial charge on any atom is -0.00868 e. The molecule has 0 heteroatoms. The summed E-state index contributed by atoms with van der Waals surface area (Å²) in [5.74, 6) is 1.51. The van der Waals surface area contributed by atoms with Crippen LogP contribution in [0.1, 0.15) is 34.9 Å². The first-order valence-corrected chi connectivity index (χ1v) is 5.96. The third-order valence-corrected chi connectivity index (χ3v) is 3.52.